The number of carbonyl (C=O) groups excluding carboxylic acids is 1. The Balaban J connectivity index is 1.47. The van der Waals surface area contributed by atoms with Crippen LogP contribution in [0.15, 0.2) is 60.7 Å². The van der Waals surface area contributed by atoms with Crippen LogP contribution in [0.3, 0.4) is 0 Å². The lowest BCUT2D eigenvalue weighted by Gasteiger charge is -2.38. The van der Waals surface area contributed by atoms with E-state index in [1.807, 2.05) is 47.4 Å². The highest BCUT2D eigenvalue weighted by atomic mass is 19.1. The molecule has 3 heterocycles. The summed E-state index contributed by atoms with van der Waals surface area (Å²) in [5.74, 6) is 0.955. The SMILES string of the molecule is COc1ccccc1-c1ccc(C(=O)N2CCCC(O)C2)c(N2CCN(c3ccccc3F)CC2)n1. The Morgan fingerprint density at radius 1 is 0.972 bits per heavy atom. The van der Waals surface area contributed by atoms with Crippen molar-refractivity contribution in [2.45, 2.75) is 18.9 Å². The maximum atomic E-state index is 14.4. The van der Waals surface area contributed by atoms with Crippen LogP contribution in [-0.4, -0.2) is 73.4 Å². The van der Waals surface area contributed by atoms with E-state index in [4.69, 9.17) is 9.72 Å². The summed E-state index contributed by atoms with van der Waals surface area (Å²) >= 11 is 0. The van der Waals surface area contributed by atoms with Gasteiger partial charge in [-0.2, -0.15) is 0 Å². The smallest absolute Gasteiger partial charge is 0.257 e. The van der Waals surface area contributed by atoms with E-state index in [1.165, 1.54) is 6.07 Å². The number of pyridine rings is 1. The normalized spacial score (nSPS) is 18.3. The number of halogens is 1. The number of piperidine rings is 1. The Hall–Kier alpha value is -3.65. The van der Waals surface area contributed by atoms with Crippen LogP contribution in [0.4, 0.5) is 15.9 Å². The van der Waals surface area contributed by atoms with Crippen molar-refractivity contribution in [3.8, 4) is 17.0 Å². The lowest BCUT2D eigenvalue weighted by molar-refractivity contribution is 0.0474. The number of aromatic nitrogens is 1. The van der Waals surface area contributed by atoms with Crippen molar-refractivity contribution < 1.29 is 19.0 Å². The molecule has 2 aromatic carbocycles. The standard InChI is InChI=1S/C28H31FN4O3/c1-36-26-11-5-2-8-21(26)24-13-12-22(28(35)33-14-6-7-20(34)19-33)27(30-24)32-17-15-31(16-18-32)25-10-4-3-9-23(25)29/h2-5,8-13,20,34H,6-7,14-19H2,1H3. The predicted molar refractivity (Wildman–Crippen MR) is 138 cm³/mol. The molecule has 1 aromatic heterocycles. The summed E-state index contributed by atoms with van der Waals surface area (Å²) in [6.07, 6.45) is 0.979. The van der Waals surface area contributed by atoms with E-state index >= 15 is 0 Å². The van der Waals surface area contributed by atoms with Crippen LogP contribution in [0.1, 0.15) is 23.2 Å². The molecule has 188 valence electrons. The van der Waals surface area contributed by atoms with Crippen LogP contribution in [0.25, 0.3) is 11.3 Å². The van der Waals surface area contributed by atoms with E-state index in [9.17, 15) is 14.3 Å². The molecular weight excluding hydrogens is 459 g/mol. The molecule has 0 bridgehead atoms. The number of amides is 1. The van der Waals surface area contributed by atoms with Crippen LogP contribution < -0.4 is 14.5 Å². The Labute approximate surface area is 210 Å². The Morgan fingerprint density at radius 2 is 1.69 bits per heavy atom. The quantitative estimate of drug-likeness (QED) is 0.587. The number of hydrogen-bond acceptors (Lipinski definition) is 6. The molecule has 8 heteroatoms. The van der Waals surface area contributed by atoms with E-state index in [1.54, 1.807) is 24.1 Å². The summed E-state index contributed by atoms with van der Waals surface area (Å²) in [5, 5.41) is 10.1. The lowest BCUT2D eigenvalue weighted by Crippen LogP contribution is -2.48. The van der Waals surface area contributed by atoms with Crippen molar-refractivity contribution >= 4 is 17.4 Å². The number of aliphatic hydroxyl groups excluding tert-OH is 1. The average molecular weight is 491 g/mol. The number of hydrogen-bond donors (Lipinski definition) is 1. The second-order valence-corrected chi connectivity index (χ2v) is 9.24. The zero-order valence-corrected chi connectivity index (χ0v) is 20.4. The van der Waals surface area contributed by atoms with Gasteiger partial charge in [0.2, 0.25) is 0 Å². The van der Waals surface area contributed by atoms with Crippen molar-refractivity contribution in [3.05, 3.63) is 72.0 Å². The van der Waals surface area contributed by atoms with E-state index in [0.717, 1.165) is 12.0 Å². The molecule has 1 amide bonds. The molecule has 0 aliphatic carbocycles. The largest absolute Gasteiger partial charge is 0.496 e. The fourth-order valence-corrected chi connectivity index (χ4v) is 5.04. The number of piperazine rings is 1. The van der Waals surface area contributed by atoms with Gasteiger partial charge in [0, 0.05) is 44.8 Å². The first kappa shape index (κ1) is 24.1. The van der Waals surface area contributed by atoms with E-state index in [0.29, 0.717) is 74.2 Å². The van der Waals surface area contributed by atoms with Crippen LogP contribution in [-0.2, 0) is 0 Å². The molecule has 0 spiro atoms. The third-order valence-corrected chi connectivity index (χ3v) is 6.94. The minimum Gasteiger partial charge on any atom is -0.496 e. The molecule has 5 rings (SSSR count). The molecule has 2 saturated heterocycles. The second kappa shape index (κ2) is 10.5. The number of ether oxygens (including phenoxy) is 1. The number of para-hydroxylation sites is 2. The summed E-state index contributed by atoms with van der Waals surface area (Å²) in [5.41, 5.74) is 2.67. The summed E-state index contributed by atoms with van der Waals surface area (Å²) in [6.45, 7) is 3.35. The van der Waals surface area contributed by atoms with Crippen molar-refractivity contribution in [2.75, 3.05) is 56.2 Å². The van der Waals surface area contributed by atoms with Crippen molar-refractivity contribution in [1.82, 2.24) is 9.88 Å². The number of carbonyl (C=O) groups is 1. The number of methoxy groups -OCH3 is 1. The van der Waals surface area contributed by atoms with Crippen LogP contribution in [0.2, 0.25) is 0 Å². The minimum absolute atomic E-state index is 0.126. The molecule has 1 atom stereocenters. The zero-order valence-electron chi connectivity index (χ0n) is 20.4. The molecule has 2 aliphatic rings. The number of aliphatic hydroxyl groups is 1. The molecule has 2 aliphatic heterocycles. The monoisotopic (exact) mass is 490 g/mol. The Bertz CT molecular complexity index is 1230. The van der Waals surface area contributed by atoms with Gasteiger partial charge in [0.15, 0.2) is 0 Å². The van der Waals surface area contributed by atoms with Gasteiger partial charge < -0.3 is 24.5 Å². The maximum Gasteiger partial charge on any atom is 0.257 e. The summed E-state index contributed by atoms with van der Waals surface area (Å²) in [4.78, 5) is 24.4. The molecule has 0 radical (unpaired) electrons. The molecule has 1 N–H and O–H groups in total. The molecule has 36 heavy (non-hydrogen) atoms. The Kier molecular flexibility index (Phi) is 7.04. The number of β-amino-alcohol motifs (C(OH)–C–C–N with tert-alkyl or cyclic N) is 1. The lowest BCUT2D eigenvalue weighted by atomic mass is 10.0. The number of anilines is 2. The van der Waals surface area contributed by atoms with Gasteiger partial charge in [0.25, 0.3) is 5.91 Å². The van der Waals surface area contributed by atoms with Gasteiger partial charge in [-0.15, -0.1) is 0 Å². The topological polar surface area (TPSA) is 69.1 Å². The first-order valence-electron chi connectivity index (χ1n) is 12.4. The van der Waals surface area contributed by atoms with E-state index < -0.39 is 6.10 Å². The predicted octanol–water partition coefficient (Wildman–Crippen LogP) is 3.82. The Morgan fingerprint density at radius 3 is 2.44 bits per heavy atom. The highest BCUT2D eigenvalue weighted by molar-refractivity contribution is 5.99. The van der Waals surface area contributed by atoms with Gasteiger partial charge in [-0.05, 0) is 49.2 Å². The highest BCUT2D eigenvalue weighted by Crippen LogP contribution is 2.32. The van der Waals surface area contributed by atoms with E-state index in [-0.39, 0.29) is 11.7 Å². The fraction of sp³-hybridized carbons (Fsp3) is 0.357. The summed E-state index contributed by atoms with van der Waals surface area (Å²) in [7, 11) is 1.63. The second-order valence-electron chi connectivity index (χ2n) is 9.24. The van der Waals surface area contributed by atoms with Crippen LogP contribution >= 0.6 is 0 Å². The van der Waals surface area contributed by atoms with Gasteiger partial charge in [-0.25, -0.2) is 9.37 Å². The fourth-order valence-electron chi connectivity index (χ4n) is 5.04. The summed E-state index contributed by atoms with van der Waals surface area (Å²) in [6, 6.07) is 18.2. The average Bonchev–Trinajstić information content (AvgIpc) is 2.93. The number of rotatable bonds is 5. The first-order chi connectivity index (χ1) is 17.5. The summed E-state index contributed by atoms with van der Waals surface area (Å²) < 4.78 is 19.9. The van der Waals surface area contributed by atoms with Gasteiger partial charge in [0.05, 0.1) is 30.2 Å². The zero-order chi connectivity index (χ0) is 25.1. The van der Waals surface area contributed by atoms with Gasteiger partial charge >= 0.3 is 0 Å². The number of nitrogens with zero attached hydrogens (tertiary/aromatic N) is 4. The molecule has 7 nitrogen and oxygen atoms in total. The third kappa shape index (κ3) is 4.86. The van der Waals surface area contributed by atoms with Crippen LogP contribution in [0, 0.1) is 5.82 Å². The third-order valence-electron chi connectivity index (χ3n) is 6.94. The van der Waals surface area contributed by atoms with Gasteiger partial charge in [-0.1, -0.05) is 24.3 Å². The minimum atomic E-state index is -0.503. The van der Waals surface area contributed by atoms with E-state index in [2.05, 4.69) is 4.90 Å². The number of benzene rings is 2. The van der Waals surface area contributed by atoms with Crippen molar-refractivity contribution in [3.63, 3.8) is 0 Å². The van der Waals surface area contributed by atoms with Crippen molar-refractivity contribution in [1.29, 1.82) is 0 Å². The highest BCUT2D eigenvalue weighted by Gasteiger charge is 2.29. The first-order valence-corrected chi connectivity index (χ1v) is 12.4. The molecule has 3 aromatic rings. The van der Waals surface area contributed by atoms with Crippen molar-refractivity contribution in [2.24, 2.45) is 0 Å². The number of likely N-dealkylation sites (tertiary alicyclic amines) is 1. The van der Waals surface area contributed by atoms with Gasteiger partial charge in [-0.3, -0.25) is 4.79 Å². The van der Waals surface area contributed by atoms with Crippen LogP contribution in [0.5, 0.6) is 5.75 Å². The molecular formula is C28H31FN4O3. The maximum absolute atomic E-state index is 14.4. The molecule has 1 unspecified atom stereocenters. The van der Waals surface area contributed by atoms with Gasteiger partial charge in [0.1, 0.15) is 17.4 Å². The molecule has 2 fully saturated rings. The molecule has 0 saturated carbocycles.